The molecule has 20 heavy (non-hydrogen) atoms. The van der Waals surface area contributed by atoms with Gasteiger partial charge in [-0.05, 0) is 43.2 Å². The summed E-state index contributed by atoms with van der Waals surface area (Å²) in [5, 5.41) is 2.62. The smallest absolute Gasteiger partial charge is 0.251 e. The molecule has 0 saturated carbocycles. The van der Waals surface area contributed by atoms with Crippen molar-refractivity contribution in [1.82, 2.24) is 5.32 Å². The fourth-order valence-corrected chi connectivity index (χ4v) is 2.07. The molecule has 0 aromatic heterocycles. The predicted octanol–water partition coefficient (Wildman–Crippen LogP) is 3.24. The molecule has 1 N–H and O–H groups in total. The van der Waals surface area contributed by atoms with Crippen LogP contribution in [0.15, 0.2) is 42.5 Å². The number of ether oxygens (including phenoxy) is 1. The van der Waals surface area contributed by atoms with Crippen LogP contribution in [0.4, 0.5) is 0 Å². The SMILES string of the molecule is CNC(=O)c1cccc(COc2ccc(C)cc2C)c1. The summed E-state index contributed by atoms with van der Waals surface area (Å²) in [4.78, 5) is 11.6. The van der Waals surface area contributed by atoms with Gasteiger partial charge in [-0.25, -0.2) is 0 Å². The van der Waals surface area contributed by atoms with Crippen molar-refractivity contribution in [3.8, 4) is 5.75 Å². The highest BCUT2D eigenvalue weighted by Crippen LogP contribution is 2.20. The first-order valence-corrected chi connectivity index (χ1v) is 6.61. The van der Waals surface area contributed by atoms with Gasteiger partial charge in [0, 0.05) is 12.6 Å². The van der Waals surface area contributed by atoms with E-state index >= 15 is 0 Å². The maximum atomic E-state index is 11.6. The number of carbonyl (C=O) groups excluding carboxylic acids is 1. The second-order valence-corrected chi connectivity index (χ2v) is 4.84. The van der Waals surface area contributed by atoms with Gasteiger partial charge in [0.2, 0.25) is 0 Å². The van der Waals surface area contributed by atoms with E-state index in [9.17, 15) is 4.79 Å². The van der Waals surface area contributed by atoms with E-state index in [1.807, 2.05) is 37.3 Å². The average Bonchev–Trinajstić information content (AvgIpc) is 2.46. The van der Waals surface area contributed by atoms with Crippen molar-refractivity contribution < 1.29 is 9.53 Å². The molecule has 0 heterocycles. The first kappa shape index (κ1) is 14.1. The van der Waals surface area contributed by atoms with Crippen molar-refractivity contribution in [1.29, 1.82) is 0 Å². The van der Waals surface area contributed by atoms with Crippen LogP contribution in [0, 0.1) is 13.8 Å². The van der Waals surface area contributed by atoms with Gasteiger partial charge in [0.15, 0.2) is 0 Å². The Bertz CT molecular complexity index is 620. The number of rotatable bonds is 4. The molecular formula is C17H19NO2. The summed E-state index contributed by atoms with van der Waals surface area (Å²) in [7, 11) is 1.63. The summed E-state index contributed by atoms with van der Waals surface area (Å²) in [6, 6.07) is 13.6. The highest BCUT2D eigenvalue weighted by atomic mass is 16.5. The molecule has 3 heteroatoms. The molecular weight excluding hydrogens is 250 g/mol. The van der Waals surface area contributed by atoms with Crippen LogP contribution in [0.1, 0.15) is 27.0 Å². The fourth-order valence-electron chi connectivity index (χ4n) is 2.07. The molecule has 0 aliphatic rings. The summed E-state index contributed by atoms with van der Waals surface area (Å²) in [5.41, 5.74) is 3.96. The molecule has 0 bridgehead atoms. The van der Waals surface area contributed by atoms with E-state index in [0.29, 0.717) is 12.2 Å². The molecule has 104 valence electrons. The lowest BCUT2D eigenvalue weighted by Crippen LogP contribution is -2.17. The van der Waals surface area contributed by atoms with E-state index < -0.39 is 0 Å². The molecule has 0 unspecified atom stereocenters. The standard InChI is InChI=1S/C17H19NO2/c1-12-7-8-16(13(2)9-12)20-11-14-5-4-6-15(10-14)17(19)18-3/h4-10H,11H2,1-3H3,(H,18,19). The van der Waals surface area contributed by atoms with Crippen molar-refractivity contribution in [2.24, 2.45) is 0 Å². The molecule has 1 amide bonds. The van der Waals surface area contributed by atoms with Gasteiger partial charge < -0.3 is 10.1 Å². The normalized spacial score (nSPS) is 10.2. The second kappa shape index (κ2) is 6.24. The quantitative estimate of drug-likeness (QED) is 0.925. The lowest BCUT2D eigenvalue weighted by molar-refractivity contribution is 0.0963. The van der Waals surface area contributed by atoms with Gasteiger partial charge in [0.25, 0.3) is 5.91 Å². The summed E-state index contributed by atoms with van der Waals surface area (Å²) in [5.74, 6) is 0.791. The summed E-state index contributed by atoms with van der Waals surface area (Å²) < 4.78 is 5.81. The third-order valence-corrected chi connectivity index (χ3v) is 3.14. The van der Waals surface area contributed by atoms with Gasteiger partial charge in [0.1, 0.15) is 12.4 Å². The van der Waals surface area contributed by atoms with E-state index in [1.165, 1.54) is 5.56 Å². The largest absolute Gasteiger partial charge is 0.489 e. The van der Waals surface area contributed by atoms with Crippen LogP contribution in [0.2, 0.25) is 0 Å². The van der Waals surface area contributed by atoms with Gasteiger partial charge in [-0.2, -0.15) is 0 Å². The Morgan fingerprint density at radius 1 is 1.15 bits per heavy atom. The minimum Gasteiger partial charge on any atom is -0.489 e. The van der Waals surface area contributed by atoms with Crippen LogP contribution in [-0.4, -0.2) is 13.0 Å². The molecule has 2 aromatic carbocycles. The number of aryl methyl sites for hydroxylation is 2. The molecule has 0 saturated heterocycles. The molecule has 2 rings (SSSR count). The van der Waals surface area contributed by atoms with Gasteiger partial charge in [-0.3, -0.25) is 4.79 Å². The first-order valence-electron chi connectivity index (χ1n) is 6.61. The van der Waals surface area contributed by atoms with Crippen LogP contribution in [0.25, 0.3) is 0 Å². The first-order chi connectivity index (χ1) is 9.60. The van der Waals surface area contributed by atoms with Crippen molar-refractivity contribution in [3.63, 3.8) is 0 Å². The fraction of sp³-hybridized carbons (Fsp3) is 0.235. The third kappa shape index (κ3) is 3.38. The Balaban J connectivity index is 2.09. The Hall–Kier alpha value is -2.29. The van der Waals surface area contributed by atoms with Crippen LogP contribution in [0.5, 0.6) is 5.75 Å². The maximum absolute atomic E-state index is 11.6. The molecule has 0 aliphatic carbocycles. The van der Waals surface area contributed by atoms with Gasteiger partial charge in [0.05, 0.1) is 0 Å². The minimum atomic E-state index is -0.0848. The zero-order valence-corrected chi connectivity index (χ0v) is 12.1. The van der Waals surface area contributed by atoms with E-state index in [4.69, 9.17) is 4.74 Å². The molecule has 0 radical (unpaired) electrons. The summed E-state index contributed by atoms with van der Waals surface area (Å²) >= 11 is 0. The second-order valence-electron chi connectivity index (χ2n) is 4.84. The van der Waals surface area contributed by atoms with Crippen LogP contribution in [0.3, 0.4) is 0 Å². The van der Waals surface area contributed by atoms with Crippen molar-refractivity contribution in [2.45, 2.75) is 20.5 Å². The number of amides is 1. The van der Waals surface area contributed by atoms with E-state index in [0.717, 1.165) is 16.9 Å². The van der Waals surface area contributed by atoms with Crippen molar-refractivity contribution in [2.75, 3.05) is 7.05 Å². The van der Waals surface area contributed by atoms with Crippen LogP contribution >= 0.6 is 0 Å². The average molecular weight is 269 g/mol. The van der Waals surface area contributed by atoms with Crippen LogP contribution in [-0.2, 0) is 6.61 Å². The topological polar surface area (TPSA) is 38.3 Å². The number of hydrogen-bond acceptors (Lipinski definition) is 2. The van der Waals surface area contributed by atoms with Crippen LogP contribution < -0.4 is 10.1 Å². The third-order valence-electron chi connectivity index (χ3n) is 3.14. The van der Waals surface area contributed by atoms with E-state index in [-0.39, 0.29) is 5.91 Å². The lowest BCUT2D eigenvalue weighted by atomic mass is 10.1. The maximum Gasteiger partial charge on any atom is 0.251 e. The number of nitrogens with one attached hydrogen (secondary N) is 1. The number of hydrogen-bond donors (Lipinski definition) is 1. The highest BCUT2D eigenvalue weighted by molar-refractivity contribution is 5.94. The molecule has 0 fully saturated rings. The Labute approximate surface area is 119 Å². The number of carbonyl (C=O) groups is 1. The zero-order chi connectivity index (χ0) is 14.5. The predicted molar refractivity (Wildman–Crippen MR) is 80.1 cm³/mol. The zero-order valence-electron chi connectivity index (χ0n) is 12.1. The molecule has 2 aromatic rings. The van der Waals surface area contributed by atoms with Crippen molar-refractivity contribution >= 4 is 5.91 Å². The molecule has 3 nitrogen and oxygen atoms in total. The Kier molecular flexibility index (Phi) is 4.41. The highest BCUT2D eigenvalue weighted by Gasteiger charge is 2.05. The van der Waals surface area contributed by atoms with Gasteiger partial charge in [-0.1, -0.05) is 29.8 Å². The monoisotopic (exact) mass is 269 g/mol. The lowest BCUT2D eigenvalue weighted by Gasteiger charge is -2.10. The van der Waals surface area contributed by atoms with Crippen molar-refractivity contribution in [3.05, 3.63) is 64.7 Å². The molecule has 0 spiro atoms. The van der Waals surface area contributed by atoms with Gasteiger partial charge >= 0.3 is 0 Å². The molecule has 0 atom stereocenters. The Morgan fingerprint density at radius 2 is 1.95 bits per heavy atom. The van der Waals surface area contributed by atoms with E-state index in [2.05, 4.69) is 18.3 Å². The molecule has 0 aliphatic heterocycles. The summed E-state index contributed by atoms with van der Waals surface area (Å²) in [6.45, 7) is 4.54. The summed E-state index contributed by atoms with van der Waals surface area (Å²) in [6.07, 6.45) is 0. The number of benzene rings is 2. The van der Waals surface area contributed by atoms with E-state index in [1.54, 1.807) is 13.1 Å². The van der Waals surface area contributed by atoms with Gasteiger partial charge in [-0.15, -0.1) is 0 Å². The minimum absolute atomic E-state index is 0.0848. The Morgan fingerprint density at radius 3 is 2.65 bits per heavy atom.